The SMILES string of the molecule is CCCNc1cc(C(F)F)c(-c2sc(C(=O)NC3CN(SC)C3)nc2C(=O)N2CCCC2C)cn1. The molecule has 2 aliphatic heterocycles. The lowest BCUT2D eigenvalue weighted by Gasteiger charge is -2.37. The minimum Gasteiger partial charge on any atom is -0.370 e. The number of thiazole rings is 1. The fourth-order valence-corrected chi connectivity index (χ4v) is 5.88. The molecule has 190 valence electrons. The molecule has 12 heteroatoms. The second-order valence-corrected chi connectivity index (χ2v) is 10.7. The van der Waals surface area contributed by atoms with E-state index in [0.29, 0.717) is 32.0 Å². The average molecular weight is 525 g/mol. The predicted molar refractivity (Wildman–Crippen MR) is 135 cm³/mol. The van der Waals surface area contributed by atoms with E-state index in [1.54, 1.807) is 16.8 Å². The maximum absolute atomic E-state index is 14.1. The van der Waals surface area contributed by atoms with E-state index in [1.165, 1.54) is 12.3 Å². The van der Waals surface area contributed by atoms with Crippen LogP contribution in [0.25, 0.3) is 10.4 Å². The number of pyridine rings is 1. The molecule has 1 unspecified atom stereocenters. The second-order valence-electron chi connectivity index (χ2n) is 8.77. The van der Waals surface area contributed by atoms with Gasteiger partial charge in [0.25, 0.3) is 18.2 Å². The molecular formula is C23H30F2N6O2S2. The minimum absolute atomic E-state index is 0.0118. The van der Waals surface area contributed by atoms with E-state index in [0.717, 1.165) is 30.6 Å². The summed E-state index contributed by atoms with van der Waals surface area (Å²) in [7, 11) is 0. The predicted octanol–water partition coefficient (Wildman–Crippen LogP) is 4.28. The van der Waals surface area contributed by atoms with E-state index < -0.39 is 12.3 Å². The molecule has 2 aromatic heterocycles. The Morgan fingerprint density at radius 1 is 1.34 bits per heavy atom. The molecule has 0 aromatic carbocycles. The lowest BCUT2D eigenvalue weighted by molar-refractivity contribution is 0.0743. The van der Waals surface area contributed by atoms with Crippen molar-refractivity contribution in [2.45, 2.75) is 51.6 Å². The van der Waals surface area contributed by atoms with Crippen molar-refractivity contribution in [1.82, 2.24) is 24.5 Å². The van der Waals surface area contributed by atoms with Crippen molar-refractivity contribution in [2.24, 2.45) is 0 Å². The molecule has 0 bridgehead atoms. The van der Waals surface area contributed by atoms with Gasteiger partial charge in [-0.05, 0) is 38.5 Å². The van der Waals surface area contributed by atoms with Gasteiger partial charge in [0.1, 0.15) is 11.5 Å². The number of likely N-dealkylation sites (tertiary alicyclic amines) is 1. The van der Waals surface area contributed by atoms with Crippen LogP contribution in [0.3, 0.4) is 0 Å². The topological polar surface area (TPSA) is 90.5 Å². The first-order valence-electron chi connectivity index (χ1n) is 11.8. The molecule has 4 heterocycles. The minimum atomic E-state index is -2.78. The van der Waals surface area contributed by atoms with Crippen LogP contribution in [0, 0.1) is 0 Å². The van der Waals surface area contributed by atoms with Crippen LogP contribution in [0.1, 0.15) is 65.4 Å². The highest BCUT2D eigenvalue weighted by molar-refractivity contribution is 7.96. The molecule has 2 saturated heterocycles. The van der Waals surface area contributed by atoms with Gasteiger partial charge in [0.15, 0.2) is 5.01 Å². The molecule has 2 aliphatic rings. The summed E-state index contributed by atoms with van der Waals surface area (Å²) in [6.45, 7) is 6.54. The molecule has 0 saturated carbocycles. The smallest absolute Gasteiger partial charge is 0.280 e. The van der Waals surface area contributed by atoms with Crippen LogP contribution in [-0.4, -0.2) is 75.5 Å². The van der Waals surface area contributed by atoms with Crippen molar-refractivity contribution >= 4 is 40.9 Å². The average Bonchev–Trinajstić information content (AvgIpc) is 3.45. The number of halogens is 2. The molecule has 2 fully saturated rings. The highest BCUT2D eigenvalue weighted by Gasteiger charge is 2.34. The summed E-state index contributed by atoms with van der Waals surface area (Å²) in [5, 5.41) is 6.04. The Morgan fingerprint density at radius 2 is 2.11 bits per heavy atom. The molecule has 2 N–H and O–H groups in total. The third kappa shape index (κ3) is 5.59. The van der Waals surface area contributed by atoms with Crippen LogP contribution in [0.15, 0.2) is 12.3 Å². The monoisotopic (exact) mass is 524 g/mol. The Kier molecular flexibility index (Phi) is 8.23. The van der Waals surface area contributed by atoms with Gasteiger partial charge in [-0.2, -0.15) is 0 Å². The Morgan fingerprint density at radius 3 is 2.74 bits per heavy atom. The number of rotatable bonds is 9. The zero-order valence-corrected chi connectivity index (χ0v) is 21.6. The normalized spacial score (nSPS) is 18.7. The molecular weight excluding hydrogens is 494 g/mol. The standard InChI is InChI=1S/C23H30F2N6O2S2/c1-4-7-26-17-9-15(20(24)25)16(10-27-17)19-18(23(33)31-8-5-6-13(31)2)29-22(35-19)21(32)28-14-11-30(12-14)34-3/h9-10,13-14,20H,4-8,11-12H2,1-3H3,(H,26,27)(H,28,32). The first kappa shape index (κ1) is 25.8. The van der Waals surface area contributed by atoms with Crippen LogP contribution in [0.5, 0.6) is 0 Å². The van der Waals surface area contributed by atoms with Crippen LogP contribution < -0.4 is 10.6 Å². The molecule has 0 aliphatic carbocycles. The number of aromatic nitrogens is 2. The summed E-state index contributed by atoms with van der Waals surface area (Å²) in [4.78, 5) is 37.1. The zero-order valence-electron chi connectivity index (χ0n) is 20.0. The zero-order chi connectivity index (χ0) is 25.1. The lowest BCUT2D eigenvalue weighted by Crippen LogP contribution is -2.56. The summed E-state index contributed by atoms with van der Waals surface area (Å²) in [5.74, 6) is -0.396. The fourth-order valence-electron chi connectivity index (χ4n) is 4.23. The number of alkyl halides is 2. The summed E-state index contributed by atoms with van der Waals surface area (Å²) >= 11 is 2.57. The number of amides is 2. The van der Waals surface area contributed by atoms with E-state index in [9.17, 15) is 18.4 Å². The highest BCUT2D eigenvalue weighted by atomic mass is 32.2. The Balaban J connectivity index is 1.70. The number of nitrogens with one attached hydrogen (secondary N) is 2. The van der Waals surface area contributed by atoms with Gasteiger partial charge in [-0.25, -0.2) is 23.1 Å². The van der Waals surface area contributed by atoms with Crippen molar-refractivity contribution < 1.29 is 18.4 Å². The Bertz CT molecular complexity index is 1080. The number of anilines is 1. The summed E-state index contributed by atoms with van der Waals surface area (Å²) in [6.07, 6.45) is 3.10. The van der Waals surface area contributed by atoms with Crippen LogP contribution in [-0.2, 0) is 0 Å². The van der Waals surface area contributed by atoms with E-state index in [4.69, 9.17) is 0 Å². The molecule has 2 amide bonds. The number of carbonyl (C=O) groups excluding carboxylic acids is 2. The molecule has 1 atom stereocenters. The van der Waals surface area contributed by atoms with Crippen LogP contribution >= 0.6 is 23.3 Å². The van der Waals surface area contributed by atoms with Crippen molar-refractivity contribution in [3.05, 3.63) is 28.5 Å². The molecule has 2 aromatic rings. The Hall–Kier alpha value is -2.31. The molecule has 8 nitrogen and oxygen atoms in total. The van der Waals surface area contributed by atoms with Gasteiger partial charge in [0.05, 0.1) is 10.9 Å². The first-order valence-corrected chi connectivity index (χ1v) is 13.8. The van der Waals surface area contributed by atoms with Gasteiger partial charge in [-0.15, -0.1) is 11.3 Å². The number of nitrogens with zero attached hydrogens (tertiary/aromatic N) is 4. The summed E-state index contributed by atoms with van der Waals surface area (Å²) in [5.41, 5.74) is -0.0791. The van der Waals surface area contributed by atoms with Crippen molar-refractivity contribution in [3.8, 4) is 10.4 Å². The van der Waals surface area contributed by atoms with E-state index >= 15 is 0 Å². The number of hydrogen-bond acceptors (Lipinski definition) is 8. The Labute approximate surface area is 212 Å². The van der Waals surface area contributed by atoms with Crippen molar-refractivity contribution in [1.29, 1.82) is 0 Å². The van der Waals surface area contributed by atoms with Crippen LogP contribution in [0.4, 0.5) is 14.6 Å². The third-order valence-corrected chi connectivity index (χ3v) is 8.15. The van der Waals surface area contributed by atoms with E-state index in [-0.39, 0.29) is 44.7 Å². The molecule has 4 rings (SSSR count). The van der Waals surface area contributed by atoms with E-state index in [2.05, 4.69) is 24.9 Å². The lowest BCUT2D eigenvalue weighted by atomic mass is 10.1. The van der Waals surface area contributed by atoms with Gasteiger partial charge in [-0.1, -0.05) is 18.9 Å². The summed E-state index contributed by atoms with van der Waals surface area (Å²) in [6, 6.07) is 1.32. The highest BCUT2D eigenvalue weighted by Crippen LogP contribution is 2.38. The van der Waals surface area contributed by atoms with Gasteiger partial charge >= 0.3 is 0 Å². The van der Waals surface area contributed by atoms with Gasteiger partial charge in [0.2, 0.25) is 0 Å². The van der Waals surface area contributed by atoms with E-state index in [1.807, 2.05) is 20.1 Å². The van der Waals surface area contributed by atoms with Gasteiger partial charge in [-0.3, -0.25) is 9.59 Å². The quantitative estimate of drug-likeness (QED) is 0.473. The first-order chi connectivity index (χ1) is 16.8. The largest absolute Gasteiger partial charge is 0.370 e. The van der Waals surface area contributed by atoms with Crippen molar-refractivity contribution in [2.75, 3.05) is 37.8 Å². The second kappa shape index (κ2) is 11.2. The summed E-state index contributed by atoms with van der Waals surface area (Å²) < 4.78 is 30.3. The third-order valence-electron chi connectivity index (χ3n) is 6.25. The molecule has 35 heavy (non-hydrogen) atoms. The molecule has 0 radical (unpaired) electrons. The maximum Gasteiger partial charge on any atom is 0.280 e. The van der Waals surface area contributed by atoms with Gasteiger partial charge in [0, 0.05) is 49.5 Å². The number of carbonyl (C=O) groups is 2. The van der Waals surface area contributed by atoms with Crippen LogP contribution in [0.2, 0.25) is 0 Å². The maximum atomic E-state index is 14.1. The van der Waals surface area contributed by atoms with Gasteiger partial charge < -0.3 is 15.5 Å². The molecule has 0 spiro atoms. The van der Waals surface area contributed by atoms with Crippen molar-refractivity contribution in [3.63, 3.8) is 0 Å². The fraction of sp³-hybridized carbons (Fsp3) is 0.565. The number of hydrogen-bond donors (Lipinski definition) is 2.